The first-order valence-electron chi connectivity index (χ1n) is 9.46. The summed E-state index contributed by atoms with van der Waals surface area (Å²) in [7, 11) is 0. The maximum Gasteiger partial charge on any atom is 0.338 e. The number of phenolic OH excluding ortho intramolecular Hbond substituents is 2. The number of nitrogens with one attached hydrogen (secondary N) is 1. The van der Waals surface area contributed by atoms with Gasteiger partial charge in [-0.25, -0.2) is 4.79 Å². The minimum absolute atomic E-state index is 0.0824. The molecule has 0 saturated heterocycles. The molecule has 0 aromatic heterocycles. The molecule has 9 nitrogen and oxygen atoms in total. The van der Waals surface area contributed by atoms with Crippen molar-refractivity contribution in [1.29, 1.82) is 0 Å². The second-order valence-electron chi connectivity index (χ2n) is 7.16. The SMILES string of the molecule is O=C(O)c1cc([N+](=O)[O-])cc2c1Nc1cc(CCCc3ccc(O)c(O)c3)ccc1O2. The van der Waals surface area contributed by atoms with Crippen molar-refractivity contribution in [1.82, 2.24) is 0 Å². The van der Waals surface area contributed by atoms with E-state index in [2.05, 4.69) is 5.32 Å². The van der Waals surface area contributed by atoms with Crippen molar-refractivity contribution in [3.05, 3.63) is 75.3 Å². The number of hydrogen-bond donors (Lipinski definition) is 4. The lowest BCUT2D eigenvalue weighted by Crippen LogP contribution is -2.10. The molecule has 0 amide bonds. The maximum absolute atomic E-state index is 11.6. The Hall–Kier alpha value is -4.27. The van der Waals surface area contributed by atoms with Gasteiger partial charge in [0.2, 0.25) is 0 Å². The highest BCUT2D eigenvalue weighted by Crippen LogP contribution is 2.45. The standard InChI is InChI=1S/C22H18N2O7/c25-17-6-4-13(9-18(17)26)3-1-2-12-5-7-19-16(8-12)23-21-15(22(27)28)10-14(24(29)30)11-20(21)31-19/h4-11,23,25-26H,1-3H2,(H,27,28). The van der Waals surface area contributed by atoms with E-state index in [4.69, 9.17) is 4.74 Å². The molecule has 0 saturated carbocycles. The summed E-state index contributed by atoms with van der Waals surface area (Å²) in [5.74, 6) is -1.08. The van der Waals surface area contributed by atoms with Gasteiger partial charge in [-0.05, 0) is 54.7 Å². The first-order valence-corrected chi connectivity index (χ1v) is 9.46. The Morgan fingerprint density at radius 3 is 2.35 bits per heavy atom. The Labute approximate surface area is 176 Å². The van der Waals surface area contributed by atoms with Crippen LogP contribution in [0, 0.1) is 10.1 Å². The Bertz CT molecular complexity index is 1210. The Balaban J connectivity index is 1.52. The van der Waals surface area contributed by atoms with Gasteiger partial charge in [0.05, 0.1) is 27.9 Å². The van der Waals surface area contributed by atoms with Gasteiger partial charge in [0.15, 0.2) is 23.0 Å². The summed E-state index contributed by atoms with van der Waals surface area (Å²) < 4.78 is 5.73. The molecular weight excluding hydrogens is 404 g/mol. The highest BCUT2D eigenvalue weighted by Gasteiger charge is 2.26. The fourth-order valence-corrected chi connectivity index (χ4v) is 3.48. The van der Waals surface area contributed by atoms with Gasteiger partial charge in [-0.3, -0.25) is 10.1 Å². The molecule has 0 aliphatic carbocycles. The van der Waals surface area contributed by atoms with Crippen molar-refractivity contribution in [2.75, 3.05) is 5.32 Å². The number of benzene rings is 3. The van der Waals surface area contributed by atoms with E-state index in [1.807, 2.05) is 12.1 Å². The van der Waals surface area contributed by atoms with E-state index in [0.717, 1.165) is 30.0 Å². The van der Waals surface area contributed by atoms with Crippen molar-refractivity contribution in [2.24, 2.45) is 0 Å². The molecule has 1 heterocycles. The highest BCUT2D eigenvalue weighted by molar-refractivity contribution is 5.99. The number of aromatic hydroxyl groups is 2. The number of hydrogen-bond acceptors (Lipinski definition) is 7. The van der Waals surface area contributed by atoms with Gasteiger partial charge >= 0.3 is 5.97 Å². The third-order valence-corrected chi connectivity index (χ3v) is 5.02. The third-order valence-electron chi connectivity index (χ3n) is 5.02. The van der Waals surface area contributed by atoms with Crippen LogP contribution in [0.1, 0.15) is 27.9 Å². The molecule has 3 aromatic rings. The molecule has 0 unspecified atom stereocenters. The van der Waals surface area contributed by atoms with Gasteiger partial charge in [0, 0.05) is 6.07 Å². The van der Waals surface area contributed by atoms with Crippen molar-refractivity contribution in [3.63, 3.8) is 0 Å². The molecule has 0 bridgehead atoms. The molecule has 4 N–H and O–H groups in total. The number of carboxylic acid groups (broad SMARTS) is 1. The van der Waals surface area contributed by atoms with E-state index in [0.29, 0.717) is 17.9 Å². The molecule has 0 atom stereocenters. The van der Waals surface area contributed by atoms with Crippen LogP contribution in [0.15, 0.2) is 48.5 Å². The Morgan fingerprint density at radius 1 is 0.968 bits per heavy atom. The summed E-state index contributed by atoms with van der Waals surface area (Å²) in [5.41, 5.74) is 2.02. The topological polar surface area (TPSA) is 142 Å². The van der Waals surface area contributed by atoms with Crippen LogP contribution in [0.2, 0.25) is 0 Å². The molecule has 1 aliphatic rings. The number of aromatic carboxylic acids is 1. The van der Waals surface area contributed by atoms with Crippen molar-refractivity contribution < 1.29 is 29.8 Å². The summed E-state index contributed by atoms with van der Waals surface area (Å²) in [4.78, 5) is 22.0. The fraction of sp³-hybridized carbons (Fsp3) is 0.136. The number of ether oxygens (including phenoxy) is 1. The van der Waals surface area contributed by atoms with Gasteiger partial charge in [-0.1, -0.05) is 12.1 Å². The zero-order chi connectivity index (χ0) is 22.1. The number of anilines is 2. The zero-order valence-corrected chi connectivity index (χ0v) is 16.2. The molecule has 0 radical (unpaired) electrons. The minimum atomic E-state index is -1.30. The number of nitro groups is 1. The van der Waals surface area contributed by atoms with Crippen LogP contribution < -0.4 is 10.1 Å². The van der Waals surface area contributed by atoms with Gasteiger partial charge in [-0.2, -0.15) is 0 Å². The van der Waals surface area contributed by atoms with Crippen LogP contribution in [-0.2, 0) is 12.8 Å². The predicted molar refractivity (Wildman–Crippen MR) is 112 cm³/mol. The minimum Gasteiger partial charge on any atom is -0.504 e. The fourth-order valence-electron chi connectivity index (χ4n) is 3.48. The number of carboxylic acids is 1. The lowest BCUT2D eigenvalue weighted by atomic mass is 10.0. The number of aryl methyl sites for hydroxylation is 2. The number of nitro benzene ring substituents is 1. The first kappa shape index (κ1) is 20.0. The van der Waals surface area contributed by atoms with Gasteiger partial charge in [-0.15, -0.1) is 0 Å². The molecule has 3 aromatic carbocycles. The normalized spacial score (nSPS) is 11.6. The van der Waals surface area contributed by atoms with Gasteiger partial charge in [0.1, 0.15) is 0 Å². The van der Waals surface area contributed by atoms with Crippen LogP contribution in [0.4, 0.5) is 17.1 Å². The Morgan fingerprint density at radius 2 is 1.68 bits per heavy atom. The summed E-state index contributed by atoms with van der Waals surface area (Å²) in [6.07, 6.45) is 2.20. The number of phenols is 2. The largest absolute Gasteiger partial charge is 0.504 e. The number of fused-ring (bicyclic) bond motifs is 2. The van der Waals surface area contributed by atoms with Crippen LogP contribution in [0.5, 0.6) is 23.0 Å². The second-order valence-corrected chi connectivity index (χ2v) is 7.16. The predicted octanol–water partition coefficient (Wildman–Crippen LogP) is 4.73. The van der Waals surface area contributed by atoms with E-state index < -0.39 is 10.9 Å². The van der Waals surface area contributed by atoms with E-state index in [-0.39, 0.29) is 34.2 Å². The summed E-state index contributed by atoms with van der Waals surface area (Å²) in [6.45, 7) is 0. The van der Waals surface area contributed by atoms with Gasteiger partial charge < -0.3 is 25.4 Å². The smallest absolute Gasteiger partial charge is 0.338 e. The molecule has 158 valence electrons. The van der Waals surface area contributed by atoms with Crippen LogP contribution in [0.3, 0.4) is 0 Å². The summed E-state index contributed by atoms with van der Waals surface area (Å²) in [5, 5.41) is 42.6. The summed E-state index contributed by atoms with van der Waals surface area (Å²) >= 11 is 0. The molecule has 0 fully saturated rings. The number of carbonyl (C=O) groups is 1. The van der Waals surface area contributed by atoms with Crippen LogP contribution in [-0.4, -0.2) is 26.2 Å². The van der Waals surface area contributed by atoms with Crippen molar-refractivity contribution in [3.8, 4) is 23.0 Å². The molecule has 31 heavy (non-hydrogen) atoms. The van der Waals surface area contributed by atoms with E-state index in [1.54, 1.807) is 12.1 Å². The van der Waals surface area contributed by atoms with Crippen molar-refractivity contribution in [2.45, 2.75) is 19.3 Å². The van der Waals surface area contributed by atoms with E-state index >= 15 is 0 Å². The molecular formula is C22H18N2O7. The van der Waals surface area contributed by atoms with Crippen LogP contribution in [0.25, 0.3) is 0 Å². The van der Waals surface area contributed by atoms with Crippen molar-refractivity contribution >= 4 is 23.0 Å². The average molecular weight is 422 g/mol. The summed E-state index contributed by atoms with van der Waals surface area (Å²) in [6, 6.07) is 12.4. The second kappa shape index (κ2) is 7.86. The first-order chi connectivity index (χ1) is 14.8. The number of non-ortho nitro benzene ring substituents is 1. The maximum atomic E-state index is 11.6. The molecule has 9 heteroatoms. The Kier molecular flexibility index (Phi) is 5.08. The monoisotopic (exact) mass is 422 g/mol. The third kappa shape index (κ3) is 4.06. The quantitative estimate of drug-likeness (QED) is 0.198. The van der Waals surface area contributed by atoms with Crippen LogP contribution >= 0.6 is 0 Å². The number of nitrogens with zero attached hydrogens (tertiary/aromatic N) is 1. The average Bonchev–Trinajstić information content (AvgIpc) is 2.73. The molecule has 4 rings (SSSR count). The van der Waals surface area contributed by atoms with Gasteiger partial charge in [0.25, 0.3) is 5.69 Å². The lowest BCUT2D eigenvalue weighted by molar-refractivity contribution is -0.384. The lowest BCUT2D eigenvalue weighted by Gasteiger charge is -2.23. The van der Waals surface area contributed by atoms with E-state index in [9.17, 15) is 30.2 Å². The molecule has 1 aliphatic heterocycles. The number of rotatable bonds is 6. The van der Waals surface area contributed by atoms with E-state index in [1.165, 1.54) is 18.2 Å². The zero-order valence-electron chi connectivity index (χ0n) is 16.2. The highest BCUT2D eigenvalue weighted by atomic mass is 16.6. The molecule has 0 spiro atoms.